The first-order valence-electron chi connectivity index (χ1n) is 6.93. The Balaban J connectivity index is 2.17. The van der Waals surface area contributed by atoms with Gasteiger partial charge in [0, 0.05) is 17.5 Å². The van der Waals surface area contributed by atoms with Gasteiger partial charge >= 0.3 is 6.09 Å². The largest absolute Gasteiger partial charge is 0.465 e. The van der Waals surface area contributed by atoms with Crippen LogP contribution < -0.4 is 0 Å². The van der Waals surface area contributed by atoms with Gasteiger partial charge in [-0.1, -0.05) is 32.9 Å². The van der Waals surface area contributed by atoms with E-state index < -0.39 is 6.09 Å². The molecule has 0 atom stereocenters. The highest BCUT2D eigenvalue weighted by molar-refractivity contribution is 7.09. The van der Waals surface area contributed by atoms with Crippen molar-refractivity contribution in [2.75, 3.05) is 6.54 Å². The number of halogens is 1. The SMILES string of the molecule is CC(C)(C)CN(Cc1nc(-c2ccccc2F)cs1)C(=O)O. The van der Waals surface area contributed by atoms with E-state index in [1.807, 2.05) is 20.8 Å². The number of benzene rings is 1. The summed E-state index contributed by atoms with van der Waals surface area (Å²) in [5, 5.41) is 11.7. The molecule has 0 spiro atoms. The molecule has 0 aliphatic carbocycles. The summed E-state index contributed by atoms with van der Waals surface area (Å²) in [6.45, 7) is 6.57. The first-order chi connectivity index (χ1) is 10.3. The Hall–Kier alpha value is -1.95. The number of hydrogen-bond acceptors (Lipinski definition) is 3. The summed E-state index contributed by atoms with van der Waals surface area (Å²) in [4.78, 5) is 17.1. The monoisotopic (exact) mass is 322 g/mol. The topological polar surface area (TPSA) is 53.4 Å². The zero-order valence-electron chi connectivity index (χ0n) is 12.8. The van der Waals surface area contributed by atoms with E-state index in [2.05, 4.69) is 4.98 Å². The van der Waals surface area contributed by atoms with Crippen molar-refractivity contribution in [3.05, 3.63) is 40.5 Å². The maximum absolute atomic E-state index is 13.8. The number of amides is 1. The predicted octanol–water partition coefficient (Wildman–Crippen LogP) is 4.48. The van der Waals surface area contributed by atoms with Gasteiger partial charge in [0.2, 0.25) is 0 Å². The van der Waals surface area contributed by atoms with Gasteiger partial charge in [-0.25, -0.2) is 14.2 Å². The van der Waals surface area contributed by atoms with Crippen LogP contribution in [0, 0.1) is 11.2 Å². The van der Waals surface area contributed by atoms with Crippen molar-refractivity contribution in [1.29, 1.82) is 0 Å². The number of nitrogens with zero attached hydrogens (tertiary/aromatic N) is 2. The van der Waals surface area contributed by atoms with Crippen molar-refractivity contribution in [1.82, 2.24) is 9.88 Å². The molecule has 0 aliphatic rings. The molecule has 0 bridgehead atoms. The standard InChI is InChI=1S/C16H19FN2O2S/c1-16(2,3)10-19(15(20)21)8-14-18-13(9-22-14)11-6-4-5-7-12(11)17/h4-7,9H,8,10H2,1-3H3,(H,20,21). The van der Waals surface area contributed by atoms with Gasteiger partial charge in [0.25, 0.3) is 0 Å². The minimum Gasteiger partial charge on any atom is -0.465 e. The van der Waals surface area contributed by atoms with Gasteiger partial charge in [-0.3, -0.25) is 0 Å². The fourth-order valence-electron chi connectivity index (χ4n) is 2.10. The first-order valence-corrected chi connectivity index (χ1v) is 7.81. The molecule has 0 radical (unpaired) electrons. The van der Waals surface area contributed by atoms with Crippen LogP contribution in [0.4, 0.5) is 9.18 Å². The fourth-order valence-corrected chi connectivity index (χ4v) is 2.91. The summed E-state index contributed by atoms with van der Waals surface area (Å²) in [7, 11) is 0. The molecule has 1 heterocycles. The number of carboxylic acid groups (broad SMARTS) is 1. The quantitative estimate of drug-likeness (QED) is 0.903. The number of carbonyl (C=O) groups is 1. The van der Waals surface area contributed by atoms with E-state index >= 15 is 0 Å². The van der Waals surface area contributed by atoms with Gasteiger partial charge in [0.15, 0.2) is 0 Å². The molecule has 1 aromatic heterocycles. The Morgan fingerprint density at radius 2 is 2.05 bits per heavy atom. The second-order valence-corrected chi connectivity index (χ2v) is 7.25. The molecule has 0 saturated carbocycles. The second-order valence-electron chi connectivity index (χ2n) is 6.31. The Morgan fingerprint density at radius 1 is 1.36 bits per heavy atom. The number of rotatable bonds is 4. The van der Waals surface area contributed by atoms with Gasteiger partial charge in [0.05, 0.1) is 12.2 Å². The van der Waals surface area contributed by atoms with Crippen molar-refractivity contribution in [2.45, 2.75) is 27.3 Å². The lowest BCUT2D eigenvalue weighted by molar-refractivity contribution is 0.123. The Morgan fingerprint density at radius 3 is 2.64 bits per heavy atom. The molecule has 0 aliphatic heterocycles. The molecule has 0 saturated heterocycles. The van der Waals surface area contributed by atoms with E-state index in [9.17, 15) is 14.3 Å². The lowest BCUT2D eigenvalue weighted by Gasteiger charge is -2.27. The van der Waals surface area contributed by atoms with Gasteiger partial charge < -0.3 is 10.0 Å². The normalized spacial score (nSPS) is 11.5. The van der Waals surface area contributed by atoms with Crippen molar-refractivity contribution in [2.24, 2.45) is 5.41 Å². The third-order valence-electron chi connectivity index (χ3n) is 2.96. The molecule has 1 amide bonds. The van der Waals surface area contributed by atoms with E-state index in [4.69, 9.17) is 0 Å². The van der Waals surface area contributed by atoms with Crippen LogP contribution in [-0.2, 0) is 6.54 Å². The van der Waals surface area contributed by atoms with E-state index in [0.29, 0.717) is 22.8 Å². The smallest absolute Gasteiger partial charge is 0.407 e. The molecule has 2 rings (SSSR count). The van der Waals surface area contributed by atoms with Crippen molar-refractivity contribution in [3.63, 3.8) is 0 Å². The minimum absolute atomic E-state index is 0.135. The average molecular weight is 322 g/mol. The lowest BCUT2D eigenvalue weighted by atomic mass is 9.96. The molecule has 4 nitrogen and oxygen atoms in total. The highest BCUT2D eigenvalue weighted by Gasteiger charge is 2.22. The Kier molecular flexibility index (Phi) is 4.81. The van der Waals surface area contributed by atoms with E-state index in [1.54, 1.807) is 23.6 Å². The van der Waals surface area contributed by atoms with Crippen LogP contribution in [0.25, 0.3) is 11.3 Å². The second kappa shape index (κ2) is 6.44. The number of thiazole rings is 1. The summed E-state index contributed by atoms with van der Waals surface area (Å²) in [5.41, 5.74) is 0.839. The predicted molar refractivity (Wildman–Crippen MR) is 85.4 cm³/mol. The molecule has 0 fully saturated rings. The van der Waals surface area contributed by atoms with E-state index in [0.717, 1.165) is 0 Å². The molecule has 6 heteroatoms. The summed E-state index contributed by atoms with van der Waals surface area (Å²) < 4.78 is 13.8. The maximum Gasteiger partial charge on any atom is 0.407 e. The fraction of sp³-hybridized carbons (Fsp3) is 0.375. The summed E-state index contributed by atoms with van der Waals surface area (Å²) in [6, 6.07) is 6.43. The van der Waals surface area contributed by atoms with Crippen LogP contribution in [-0.4, -0.2) is 27.6 Å². The van der Waals surface area contributed by atoms with Crippen LogP contribution in [0.5, 0.6) is 0 Å². The molecule has 22 heavy (non-hydrogen) atoms. The highest BCUT2D eigenvalue weighted by Crippen LogP contribution is 2.25. The molecule has 2 aromatic rings. The zero-order chi connectivity index (χ0) is 16.3. The van der Waals surface area contributed by atoms with Gasteiger partial charge in [-0.05, 0) is 17.5 Å². The molecular weight excluding hydrogens is 303 g/mol. The minimum atomic E-state index is -0.974. The van der Waals surface area contributed by atoms with Crippen molar-refractivity contribution >= 4 is 17.4 Å². The van der Waals surface area contributed by atoms with Gasteiger partial charge in [0.1, 0.15) is 10.8 Å². The maximum atomic E-state index is 13.8. The summed E-state index contributed by atoms with van der Waals surface area (Å²) in [6.07, 6.45) is -0.974. The van der Waals surface area contributed by atoms with Crippen molar-refractivity contribution < 1.29 is 14.3 Å². The number of hydrogen-bond donors (Lipinski definition) is 1. The highest BCUT2D eigenvalue weighted by atomic mass is 32.1. The van der Waals surface area contributed by atoms with Crippen LogP contribution in [0.3, 0.4) is 0 Å². The van der Waals surface area contributed by atoms with Crippen LogP contribution >= 0.6 is 11.3 Å². The molecule has 1 aromatic carbocycles. The van der Waals surface area contributed by atoms with Gasteiger partial charge in [-0.2, -0.15) is 0 Å². The van der Waals surface area contributed by atoms with Crippen LogP contribution in [0.1, 0.15) is 25.8 Å². The molecule has 1 N–H and O–H groups in total. The number of aromatic nitrogens is 1. The molecule has 118 valence electrons. The third-order valence-corrected chi connectivity index (χ3v) is 3.80. The third kappa shape index (κ3) is 4.27. The van der Waals surface area contributed by atoms with Crippen molar-refractivity contribution in [3.8, 4) is 11.3 Å². The van der Waals surface area contributed by atoms with E-state index in [-0.39, 0.29) is 17.8 Å². The lowest BCUT2D eigenvalue weighted by Crippen LogP contribution is -2.36. The summed E-state index contributed by atoms with van der Waals surface area (Å²) in [5.74, 6) is -0.330. The average Bonchev–Trinajstić information content (AvgIpc) is 2.85. The molecule has 0 unspecified atom stereocenters. The zero-order valence-corrected chi connectivity index (χ0v) is 13.7. The first kappa shape index (κ1) is 16.4. The Bertz CT molecular complexity index is 664. The summed E-state index contributed by atoms with van der Waals surface area (Å²) >= 11 is 1.34. The van der Waals surface area contributed by atoms with Crippen LogP contribution in [0.2, 0.25) is 0 Å². The molecular formula is C16H19FN2O2S. The Labute approximate surface area is 133 Å². The van der Waals surface area contributed by atoms with Gasteiger partial charge in [-0.15, -0.1) is 11.3 Å². The van der Waals surface area contributed by atoms with E-state index in [1.165, 1.54) is 22.3 Å². The van der Waals surface area contributed by atoms with Crippen LogP contribution in [0.15, 0.2) is 29.6 Å².